The first-order chi connectivity index (χ1) is 12.0. The van der Waals surface area contributed by atoms with Gasteiger partial charge in [-0.1, -0.05) is 26.7 Å². The van der Waals surface area contributed by atoms with Gasteiger partial charge in [0, 0.05) is 59.8 Å². The zero-order chi connectivity index (χ0) is 18.7. The zero-order valence-electron chi connectivity index (χ0n) is 16.7. The number of amides is 1. The summed E-state index contributed by atoms with van der Waals surface area (Å²) in [6, 6.07) is 0.473. The van der Waals surface area contributed by atoms with Crippen LogP contribution in [0.3, 0.4) is 0 Å². The molecule has 1 amide bonds. The predicted octanol–water partition coefficient (Wildman–Crippen LogP) is 0.767. The maximum absolute atomic E-state index is 11.7. The summed E-state index contributed by atoms with van der Waals surface area (Å²) in [6.07, 6.45) is 2.81. The summed E-state index contributed by atoms with van der Waals surface area (Å²) in [5.74, 6) is 1.53. The number of aliphatic imine (C=N–C) groups is 1. The Hall–Kier alpha value is -1.34. The first kappa shape index (κ1) is 21.7. The molecule has 0 radical (unpaired) electrons. The third-order valence-electron chi connectivity index (χ3n) is 4.94. The van der Waals surface area contributed by atoms with Gasteiger partial charge in [0.25, 0.3) is 0 Å². The first-order valence-electron chi connectivity index (χ1n) is 9.49. The van der Waals surface area contributed by atoms with E-state index in [4.69, 9.17) is 4.74 Å². The molecule has 1 saturated heterocycles. The summed E-state index contributed by atoms with van der Waals surface area (Å²) in [6.45, 7) is 9.59. The number of rotatable bonds is 9. The smallest absolute Gasteiger partial charge is 0.223 e. The molecule has 7 nitrogen and oxygen atoms in total. The molecule has 1 heterocycles. The molecule has 1 fully saturated rings. The van der Waals surface area contributed by atoms with Crippen LogP contribution in [0.1, 0.15) is 33.1 Å². The molecule has 0 aromatic rings. The molecule has 25 heavy (non-hydrogen) atoms. The quantitative estimate of drug-likeness (QED) is 0.472. The molecule has 0 aromatic heterocycles. The average molecular weight is 356 g/mol. The molecule has 1 unspecified atom stereocenters. The molecule has 1 atom stereocenters. The van der Waals surface area contributed by atoms with E-state index in [9.17, 15) is 4.79 Å². The van der Waals surface area contributed by atoms with Crippen molar-refractivity contribution in [2.24, 2.45) is 10.9 Å². The summed E-state index contributed by atoms with van der Waals surface area (Å²) in [4.78, 5) is 20.1. The van der Waals surface area contributed by atoms with Crippen molar-refractivity contribution in [3.05, 3.63) is 0 Å². The van der Waals surface area contributed by atoms with Crippen LogP contribution in [0, 0.1) is 5.92 Å². The molecule has 1 rings (SSSR count). The Labute approximate surface area is 153 Å². The number of guanidine groups is 1. The van der Waals surface area contributed by atoms with E-state index in [1.165, 1.54) is 12.8 Å². The van der Waals surface area contributed by atoms with Crippen molar-refractivity contribution in [3.63, 3.8) is 0 Å². The number of nitrogens with one attached hydrogen (secondary N) is 2. The molecule has 0 bridgehead atoms. The second-order valence-corrected chi connectivity index (χ2v) is 6.71. The SMILES string of the molecule is CCC(CC)C(CNC(=NC)NCCC(=O)N(C)C)N1CCOCC1. The molecular formula is C18H37N5O2. The summed E-state index contributed by atoms with van der Waals surface area (Å²) in [5, 5.41) is 6.69. The molecule has 0 spiro atoms. The van der Waals surface area contributed by atoms with E-state index in [1.807, 2.05) is 0 Å². The molecule has 0 aliphatic carbocycles. The van der Waals surface area contributed by atoms with Crippen molar-refractivity contribution >= 4 is 11.9 Å². The summed E-state index contributed by atoms with van der Waals surface area (Å²) in [5.41, 5.74) is 0. The van der Waals surface area contributed by atoms with E-state index >= 15 is 0 Å². The number of nitrogens with zero attached hydrogens (tertiary/aromatic N) is 3. The van der Waals surface area contributed by atoms with E-state index in [1.54, 1.807) is 26.0 Å². The average Bonchev–Trinajstić information content (AvgIpc) is 2.63. The second-order valence-electron chi connectivity index (χ2n) is 6.71. The molecule has 2 N–H and O–H groups in total. The van der Waals surface area contributed by atoms with Crippen molar-refractivity contribution in [2.45, 2.75) is 39.2 Å². The van der Waals surface area contributed by atoms with Crippen LogP contribution < -0.4 is 10.6 Å². The van der Waals surface area contributed by atoms with Crippen LogP contribution in [-0.2, 0) is 9.53 Å². The number of carbonyl (C=O) groups is 1. The van der Waals surface area contributed by atoms with Gasteiger partial charge in [-0.15, -0.1) is 0 Å². The maximum Gasteiger partial charge on any atom is 0.223 e. The molecule has 146 valence electrons. The van der Waals surface area contributed by atoms with Crippen LogP contribution in [0.5, 0.6) is 0 Å². The van der Waals surface area contributed by atoms with Crippen LogP contribution in [0.15, 0.2) is 4.99 Å². The molecule has 0 aromatic carbocycles. The van der Waals surface area contributed by atoms with Crippen molar-refractivity contribution in [1.82, 2.24) is 20.4 Å². The van der Waals surface area contributed by atoms with Gasteiger partial charge in [0.1, 0.15) is 0 Å². The number of carbonyl (C=O) groups excluding carboxylic acids is 1. The predicted molar refractivity (Wildman–Crippen MR) is 103 cm³/mol. The fourth-order valence-corrected chi connectivity index (χ4v) is 3.27. The van der Waals surface area contributed by atoms with Gasteiger partial charge in [0.15, 0.2) is 5.96 Å². The minimum Gasteiger partial charge on any atom is -0.379 e. The Bertz CT molecular complexity index is 404. The molecule has 1 aliphatic heterocycles. The standard InChI is InChI=1S/C18H37N5O2/c1-6-15(7-2)16(23-10-12-25-13-11-23)14-21-18(19-3)20-9-8-17(24)22(4)5/h15-16H,6-14H2,1-5H3,(H2,19,20,21). The van der Waals surface area contributed by atoms with Crippen LogP contribution in [-0.4, -0.2) is 88.2 Å². The van der Waals surface area contributed by atoms with Crippen molar-refractivity contribution in [1.29, 1.82) is 0 Å². The molecule has 1 aliphatic rings. The zero-order valence-corrected chi connectivity index (χ0v) is 16.7. The van der Waals surface area contributed by atoms with E-state index in [2.05, 4.69) is 34.4 Å². The van der Waals surface area contributed by atoms with Crippen molar-refractivity contribution in [3.8, 4) is 0 Å². The number of ether oxygens (including phenoxy) is 1. The number of morpholine rings is 1. The Morgan fingerprint density at radius 2 is 1.84 bits per heavy atom. The van der Waals surface area contributed by atoms with E-state index in [0.717, 1.165) is 38.8 Å². The van der Waals surface area contributed by atoms with Gasteiger partial charge in [-0.25, -0.2) is 0 Å². The third-order valence-corrected chi connectivity index (χ3v) is 4.94. The summed E-state index contributed by atoms with van der Waals surface area (Å²) >= 11 is 0. The van der Waals surface area contributed by atoms with E-state index < -0.39 is 0 Å². The lowest BCUT2D eigenvalue weighted by Crippen LogP contribution is -2.53. The molecule has 0 saturated carbocycles. The Balaban J connectivity index is 2.53. The minimum absolute atomic E-state index is 0.117. The van der Waals surface area contributed by atoms with Gasteiger partial charge < -0.3 is 20.3 Å². The van der Waals surface area contributed by atoms with E-state index in [0.29, 0.717) is 24.9 Å². The van der Waals surface area contributed by atoms with Crippen LogP contribution in [0.2, 0.25) is 0 Å². The summed E-state index contributed by atoms with van der Waals surface area (Å²) in [7, 11) is 5.32. The Morgan fingerprint density at radius 1 is 1.20 bits per heavy atom. The van der Waals surface area contributed by atoms with Gasteiger partial charge in [0.2, 0.25) is 5.91 Å². The number of hydrogen-bond donors (Lipinski definition) is 2. The highest BCUT2D eigenvalue weighted by atomic mass is 16.5. The van der Waals surface area contributed by atoms with Crippen LogP contribution in [0.25, 0.3) is 0 Å². The largest absolute Gasteiger partial charge is 0.379 e. The highest BCUT2D eigenvalue weighted by Crippen LogP contribution is 2.19. The van der Waals surface area contributed by atoms with Crippen molar-refractivity contribution in [2.75, 3.05) is 60.5 Å². The second kappa shape index (κ2) is 12.1. The highest BCUT2D eigenvalue weighted by molar-refractivity contribution is 5.81. The topological polar surface area (TPSA) is 69.2 Å². The van der Waals surface area contributed by atoms with Gasteiger partial charge in [0.05, 0.1) is 13.2 Å². The monoisotopic (exact) mass is 355 g/mol. The van der Waals surface area contributed by atoms with Crippen LogP contribution >= 0.6 is 0 Å². The highest BCUT2D eigenvalue weighted by Gasteiger charge is 2.26. The van der Waals surface area contributed by atoms with Gasteiger partial charge in [-0.05, 0) is 5.92 Å². The number of hydrogen-bond acceptors (Lipinski definition) is 4. The molecule has 7 heteroatoms. The molecular weight excluding hydrogens is 318 g/mol. The first-order valence-corrected chi connectivity index (χ1v) is 9.49. The fourth-order valence-electron chi connectivity index (χ4n) is 3.27. The summed E-state index contributed by atoms with van der Waals surface area (Å²) < 4.78 is 5.50. The van der Waals surface area contributed by atoms with Gasteiger partial charge in [-0.2, -0.15) is 0 Å². The lowest BCUT2D eigenvalue weighted by atomic mass is 9.92. The van der Waals surface area contributed by atoms with Gasteiger partial charge in [-0.3, -0.25) is 14.7 Å². The normalized spacial score (nSPS) is 17.4. The van der Waals surface area contributed by atoms with Crippen molar-refractivity contribution < 1.29 is 9.53 Å². The fraction of sp³-hybridized carbons (Fsp3) is 0.889. The van der Waals surface area contributed by atoms with Gasteiger partial charge >= 0.3 is 0 Å². The lowest BCUT2D eigenvalue weighted by molar-refractivity contribution is -0.128. The Morgan fingerprint density at radius 3 is 2.36 bits per heavy atom. The minimum atomic E-state index is 0.117. The Kier molecular flexibility index (Phi) is 10.5. The maximum atomic E-state index is 11.7. The lowest BCUT2D eigenvalue weighted by Gasteiger charge is -2.39. The van der Waals surface area contributed by atoms with E-state index in [-0.39, 0.29) is 5.91 Å². The van der Waals surface area contributed by atoms with Crippen LogP contribution in [0.4, 0.5) is 0 Å². The third kappa shape index (κ3) is 7.61.